The van der Waals surface area contributed by atoms with Gasteiger partial charge < -0.3 is 19.5 Å². The average molecular weight is 461 g/mol. The Morgan fingerprint density at radius 2 is 1.88 bits per heavy atom. The van der Waals surface area contributed by atoms with Crippen LogP contribution in [0.25, 0.3) is 16.7 Å². The number of carbonyl (C=O) groups is 1. The first-order chi connectivity index (χ1) is 16.2. The van der Waals surface area contributed by atoms with E-state index < -0.39 is 5.60 Å². The topological polar surface area (TPSA) is 76.7 Å². The number of ether oxygens (including phenoxy) is 1. The maximum absolute atomic E-state index is 12.5. The van der Waals surface area contributed by atoms with Crippen LogP contribution in [-0.2, 0) is 11.3 Å². The Kier molecular flexibility index (Phi) is 5.46. The van der Waals surface area contributed by atoms with Gasteiger partial charge in [0.1, 0.15) is 11.4 Å². The van der Waals surface area contributed by atoms with Crippen LogP contribution in [0.2, 0.25) is 0 Å². The van der Waals surface area contributed by atoms with Gasteiger partial charge in [-0.05, 0) is 58.7 Å². The van der Waals surface area contributed by atoms with E-state index in [1.807, 2.05) is 33.8 Å². The van der Waals surface area contributed by atoms with E-state index in [2.05, 4.69) is 67.8 Å². The van der Waals surface area contributed by atoms with Gasteiger partial charge in [-0.1, -0.05) is 30.3 Å². The van der Waals surface area contributed by atoms with Gasteiger partial charge in [0.15, 0.2) is 5.65 Å². The summed E-state index contributed by atoms with van der Waals surface area (Å²) in [5, 5.41) is 12.5. The normalized spacial score (nSPS) is 16.5. The van der Waals surface area contributed by atoms with Gasteiger partial charge in [0, 0.05) is 31.4 Å². The van der Waals surface area contributed by atoms with Crippen molar-refractivity contribution in [2.24, 2.45) is 0 Å². The first-order valence-electron chi connectivity index (χ1n) is 11.8. The van der Waals surface area contributed by atoms with Gasteiger partial charge in [0.2, 0.25) is 0 Å². The molecule has 1 aromatic carbocycles. The molecule has 178 valence electrons. The lowest BCUT2D eigenvalue weighted by atomic mass is 10.2. The van der Waals surface area contributed by atoms with Gasteiger partial charge in [-0.15, -0.1) is 10.2 Å². The van der Waals surface area contributed by atoms with E-state index in [0.717, 1.165) is 41.2 Å². The van der Waals surface area contributed by atoms with Crippen molar-refractivity contribution in [3.05, 3.63) is 59.5 Å². The molecule has 1 N–H and O–H groups in total. The smallest absolute Gasteiger partial charge is 0.410 e. The van der Waals surface area contributed by atoms with Crippen molar-refractivity contribution < 1.29 is 9.53 Å². The van der Waals surface area contributed by atoms with Crippen LogP contribution >= 0.6 is 0 Å². The number of carbonyl (C=O) groups excluding carboxylic acids is 1. The highest BCUT2D eigenvalue weighted by molar-refractivity contribution is 5.88. The number of amides is 1. The first-order valence-corrected chi connectivity index (χ1v) is 11.8. The summed E-state index contributed by atoms with van der Waals surface area (Å²) in [6, 6.07) is 15.0. The number of benzene rings is 1. The van der Waals surface area contributed by atoms with E-state index >= 15 is 0 Å². The third-order valence-corrected chi connectivity index (χ3v) is 6.30. The Morgan fingerprint density at radius 1 is 1.12 bits per heavy atom. The van der Waals surface area contributed by atoms with Crippen LogP contribution in [0.15, 0.2) is 42.5 Å². The molecule has 0 radical (unpaired) electrons. The Bertz CT molecular complexity index is 1350. The molecule has 0 bridgehead atoms. The second-order valence-corrected chi connectivity index (χ2v) is 10.1. The van der Waals surface area contributed by atoms with Crippen molar-refractivity contribution in [1.29, 1.82) is 0 Å². The van der Waals surface area contributed by atoms with Crippen molar-refractivity contribution >= 4 is 28.5 Å². The van der Waals surface area contributed by atoms with Gasteiger partial charge in [-0.25, -0.2) is 4.79 Å². The molecule has 34 heavy (non-hydrogen) atoms. The zero-order valence-corrected chi connectivity index (χ0v) is 20.5. The van der Waals surface area contributed by atoms with E-state index in [9.17, 15) is 4.79 Å². The lowest BCUT2D eigenvalue weighted by Gasteiger charge is -2.24. The molecular formula is C26H32N6O2. The summed E-state index contributed by atoms with van der Waals surface area (Å²) in [6.07, 6.45) is 0.587. The Morgan fingerprint density at radius 3 is 2.62 bits per heavy atom. The monoisotopic (exact) mass is 460 g/mol. The lowest BCUT2D eigenvalue weighted by Crippen LogP contribution is -2.36. The van der Waals surface area contributed by atoms with Crippen LogP contribution in [0.4, 0.5) is 10.5 Å². The molecule has 0 spiro atoms. The highest BCUT2D eigenvalue weighted by Gasteiger charge is 2.30. The van der Waals surface area contributed by atoms with Crippen LogP contribution in [0.3, 0.4) is 0 Å². The maximum Gasteiger partial charge on any atom is 0.410 e. The Balaban J connectivity index is 1.48. The molecule has 1 amide bonds. The predicted molar refractivity (Wildman–Crippen MR) is 133 cm³/mol. The molecule has 4 aromatic rings. The largest absolute Gasteiger partial charge is 0.444 e. The Labute approximate surface area is 199 Å². The quantitative estimate of drug-likeness (QED) is 0.475. The number of pyridine rings is 1. The molecule has 3 aromatic heterocycles. The third kappa shape index (κ3) is 4.20. The Hall–Kier alpha value is -3.55. The maximum atomic E-state index is 12.5. The number of fused-ring (bicyclic) bond motifs is 3. The molecular weight excluding hydrogens is 428 g/mol. The van der Waals surface area contributed by atoms with Crippen LogP contribution < -0.4 is 5.32 Å². The average Bonchev–Trinajstić information content (AvgIpc) is 3.47. The summed E-state index contributed by atoms with van der Waals surface area (Å²) < 4.78 is 10.0. The summed E-state index contributed by atoms with van der Waals surface area (Å²) in [7, 11) is 0. The fraction of sp³-hybridized carbons (Fsp3) is 0.423. The van der Waals surface area contributed by atoms with Crippen molar-refractivity contribution in [3.63, 3.8) is 0 Å². The summed E-state index contributed by atoms with van der Waals surface area (Å²) >= 11 is 0. The first kappa shape index (κ1) is 22.3. The number of hydrogen-bond donors (Lipinski definition) is 1. The lowest BCUT2D eigenvalue weighted by molar-refractivity contribution is 0.0293. The van der Waals surface area contributed by atoms with Gasteiger partial charge in [-0.3, -0.25) is 4.40 Å². The number of nitrogens with zero attached hydrogens (tertiary/aromatic N) is 5. The SMILES string of the molecule is Cc1cc2c(cc(N[C@@H]3CCN(C(=O)OC(C)(C)C)C3)c3nnc(C)n32)n1Cc1ccccc1. The van der Waals surface area contributed by atoms with E-state index in [-0.39, 0.29) is 12.1 Å². The van der Waals surface area contributed by atoms with Gasteiger partial charge in [0.25, 0.3) is 0 Å². The molecule has 0 aliphatic carbocycles. The highest BCUT2D eigenvalue weighted by Crippen LogP contribution is 2.30. The molecule has 1 saturated heterocycles. The van der Waals surface area contributed by atoms with Gasteiger partial charge in [0.05, 0.1) is 16.7 Å². The van der Waals surface area contributed by atoms with E-state index in [4.69, 9.17) is 4.74 Å². The van der Waals surface area contributed by atoms with Crippen molar-refractivity contribution in [2.75, 3.05) is 18.4 Å². The van der Waals surface area contributed by atoms with Crippen molar-refractivity contribution in [2.45, 2.75) is 59.2 Å². The van der Waals surface area contributed by atoms with Gasteiger partial charge >= 0.3 is 6.09 Å². The zero-order valence-electron chi connectivity index (χ0n) is 20.5. The minimum Gasteiger partial charge on any atom is -0.444 e. The molecule has 1 fully saturated rings. The molecule has 8 nitrogen and oxygen atoms in total. The second kappa shape index (κ2) is 8.34. The van der Waals surface area contributed by atoms with Crippen LogP contribution in [0, 0.1) is 13.8 Å². The van der Waals surface area contributed by atoms with Crippen LogP contribution in [0.1, 0.15) is 44.3 Å². The highest BCUT2D eigenvalue weighted by atomic mass is 16.6. The summed E-state index contributed by atoms with van der Waals surface area (Å²) in [5.41, 5.74) is 5.89. The molecule has 1 aliphatic rings. The summed E-state index contributed by atoms with van der Waals surface area (Å²) in [4.78, 5) is 14.3. The molecule has 5 rings (SSSR count). The number of anilines is 1. The number of hydrogen-bond acceptors (Lipinski definition) is 5. The molecule has 1 aliphatic heterocycles. The summed E-state index contributed by atoms with van der Waals surface area (Å²) in [5.74, 6) is 0.849. The van der Waals surface area contributed by atoms with Crippen LogP contribution in [-0.4, -0.2) is 54.9 Å². The summed E-state index contributed by atoms with van der Waals surface area (Å²) in [6.45, 7) is 11.8. The van der Waals surface area contributed by atoms with Crippen molar-refractivity contribution in [1.82, 2.24) is 24.1 Å². The van der Waals surface area contributed by atoms with Crippen LogP contribution in [0.5, 0.6) is 0 Å². The molecule has 0 saturated carbocycles. The predicted octanol–water partition coefficient (Wildman–Crippen LogP) is 4.77. The molecule has 8 heteroatoms. The third-order valence-electron chi connectivity index (χ3n) is 6.30. The number of likely N-dealkylation sites (tertiary alicyclic amines) is 1. The fourth-order valence-electron chi connectivity index (χ4n) is 4.71. The van der Waals surface area contributed by atoms with E-state index in [1.54, 1.807) is 4.90 Å². The number of nitrogens with one attached hydrogen (secondary N) is 1. The standard InChI is InChI=1S/C26H32N6O2/c1-17-13-23-22(31(17)15-19-9-7-6-8-10-19)14-21(24-29-28-18(2)32(23)24)27-20-11-12-30(16-20)25(33)34-26(3,4)5/h6-10,13-14,20,27H,11-12,15-16H2,1-5H3/t20-/m1/s1. The number of rotatable bonds is 4. The van der Waals surface area contributed by atoms with Gasteiger partial charge in [-0.2, -0.15) is 0 Å². The zero-order chi connectivity index (χ0) is 24.0. The molecule has 1 atom stereocenters. The number of aromatic nitrogens is 4. The fourth-order valence-corrected chi connectivity index (χ4v) is 4.71. The second-order valence-electron chi connectivity index (χ2n) is 10.1. The van der Waals surface area contributed by atoms with E-state index in [1.165, 1.54) is 11.3 Å². The minimum absolute atomic E-state index is 0.115. The number of aryl methyl sites for hydroxylation is 2. The molecule has 0 unspecified atom stereocenters. The minimum atomic E-state index is -0.499. The molecule has 4 heterocycles. The van der Waals surface area contributed by atoms with Crippen molar-refractivity contribution in [3.8, 4) is 0 Å². The van der Waals surface area contributed by atoms with E-state index in [0.29, 0.717) is 13.1 Å².